The van der Waals surface area contributed by atoms with Crippen molar-refractivity contribution >= 4 is 35.0 Å². The molecule has 2 rings (SSSR count). The molecule has 0 unspecified atom stereocenters. The second-order valence-electron chi connectivity index (χ2n) is 4.76. The van der Waals surface area contributed by atoms with Crippen LogP contribution < -0.4 is 4.90 Å². The Labute approximate surface area is 143 Å². The molecule has 0 aliphatic carbocycles. The van der Waals surface area contributed by atoms with E-state index in [9.17, 15) is 4.79 Å². The summed E-state index contributed by atoms with van der Waals surface area (Å²) >= 11 is 7.28. The van der Waals surface area contributed by atoms with E-state index < -0.39 is 0 Å². The lowest BCUT2D eigenvalue weighted by atomic mass is 10.2. The number of carbonyl (C=O) groups excluding carboxylic acids is 1. The van der Waals surface area contributed by atoms with E-state index in [2.05, 4.69) is 21.6 Å². The summed E-state index contributed by atoms with van der Waals surface area (Å²) in [6.45, 7) is 2.20. The van der Waals surface area contributed by atoms with E-state index >= 15 is 0 Å². The molecule has 0 atom stereocenters. The van der Waals surface area contributed by atoms with Crippen LogP contribution in [0.4, 0.5) is 5.69 Å². The number of tetrazole rings is 1. The largest absolute Gasteiger partial charge is 0.311 e. The SMILES string of the molecule is Cc1cc(N(CCC#N)C(=O)CSc2nnnn2C)ccc1Cl. The Morgan fingerprint density at radius 1 is 1.52 bits per heavy atom. The molecule has 0 bridgehead atoms. The zero-order chi connectivity index (χ0) is 16.8. The fourth-order valence-electron chi connectivity index (χ4n) is 1.90. The molecular formula is C14H15ClN6OS. The van der Waals surface area contributed by atoms with Crippen molar-refractivity contribution in [2.24, 2.45) is 7.05 Å². The molecule has 120 valence electrons. The summed E-state index contributed by atoms with van der Waals surface area (Å²) < 4.78 is 1.50. The third kappa shape index (κ3) is 4.43. The molecule has 0 fully saturated rings. The average molecular weight is 351 g/mol. The van der Waals surface area contributed by atoms with Gasteiger partial charge in [0.15, 0.2) is 0 Å². The molecule has 1 amide bonds. The van der Waals surface area contributed by atoms with Crippen LogP contribution in [-0.2, 0) is 11.8 Å². The van der Waals surface area contributed by atoms with Crippen LogP contribution in [0.3, 0.4) is 0 Å². The number of aryl methyl sites for hydroxylation is 2. The monoisotopic (exact) mass is 350 g/mol. The molecule has 0 saturated heterocycles. The number of halogens is 1. The van der Waals surface area contributed by atoms with E-state index in [0.717, 1.165) is 11.3 Å². The van der Waals surface area contributed by atoms with E-state index in [1.165, 1.54) is 16.4 Å². The van der Waals surface area contributed by atoms with E-state index in [1.54, 1.807) is 24.1 Å². The molecule has 0 radical (unpaired) electrons. The van der Waals surface area contributed by atoms with Crippen LogP contribution in [0.2, 0.25) is 5.02 Å². The Kier molecular flexibility index (Phi) is 5.96. The lowest BCUT2D eigenvalue weighted by Crippen LogP contribution is -2.33. The molecule has 2 aromatic rings. The quantitative estimate of drug-likeness (QED) is 0.742. The first-order valence-corrected chi connectivity index (χ1v) is 8.18. The predicted octanol–water partition coefficient (Wildman–Crippen LogP) is 2.21. The highest BCUT2D eigenvalue weighted by atomic mass is 35.5. The van der Waals surface area contributed by atoms with E-state index in [4.69, 9.17) is 16.9 Å². The van der Waals surface area contributed by atoms with Crippen LogP contribution >= 0.6 is 23.4 Å². The number of rotatable bonds is 6. The number of aromatic nitrogens is 4. The maximum Gasteiger partial charge on any atom is 0.237 e. The summed E-state index contributed by atoms with van der Waals surface area (Å²) in [5.41, 5.74) is 1.60. The molecule has 7 nitrogen and oxygen atoms in total. The second kappa shape index (κ2) is 7.94. The third-order valence-corrected chi connectivity index (χ3v) is 4.53. The van der Waals surface area contributed by atoms with Crippen molar-refractivity contribution in [3.63, 3.8) is 0 Å². The van der Waals surface area contributed by atoms with Gasteiger partial charge < -0.3 is 4.90 Å². The minimum atomic E-state index is -0.116. The number of thioether (sulfide) groups is 1. The molecule has 0 spiro atoms. The smallest absolute Gasteiger partial charge is 0.237 e. The van der Waals surface area contributed by atoms with E-state index in [-0.39, 0.29) is 18.1 Å². The molecule has 9 heteroatoms. The lowest BCUT2D eigenvalue weighted by Gasteiger charge is -2.22. The maximum atomic E-state index is 12.5. The topological polar surface area (TPSA) is 87.7 Å². The van der Waals surface area contributed by atoms with Crippen LogP contribution in [0, 0.1) is 18.3 Å². The van der Waals surface area contributed by atoms with Crippen molar-refractivity contribution in [2.45, 2.75) is 18.5 Å². The predicted molar refractivity (Wildman–Crippen MR) is 88.3 cm³/mol. The number of nitriles is 1. The summed E-state index contributed by atoms with van der Waals surface area (Å²) in [6, 6.07) is 7.43. The van der Waals surface area contributed by atoms with Gasteiger partial charge in [0.25, 0.3) is 0 Å². The molecule has 1 heterocycles. The van der Waals surface area contributed by atoms with Gasteiger partial charge in [-0.1, -0.05) is 23.4 Å². The van der Waals surface area contributed by atoms with Crippen molar-refractivity contribution < 1.29 is 4.79 Å². The summed E-state index contributed by atoms with van der Waals surface area (Å²) in [7, 11) is 1.71. The van der Waals surface area contributed by atoms with Gasteiger partial charge in [-0.3, -0.25) is 4.79 Å². The summed E-state index contributed by atoms with van der Waals surface area (Å²) in [5, 5.41) is 21.1. The molecular weight excluding hydrogens is 336 g/mol. The lowest BCUT2D eigenvalue weighted by molar-refractivity contribution is -0.116. The van der Waals surface area contributed by atoms with Crippen LogP contribution in [0.1, 0.15) is 12.0 Å². The van der Waals surface area contributed by atoms with Gasteiger partial charge in [-0.2, -0.15) is 5.26 Å². The van der Waals surface area contributed by atoms with Gasteiger partial charge in [-0.25, -0.2) is 4.68 Å². The maximum absolute atomic E-state index is 12.5. The minimum absolute atomic E-state index is 0.116. The highest BCUT2D eigenvalue weighted by molar-refractivity contribution is 7.99. The number of carbonyl (C=O) groups is 1. The molecule has 1 aromatic carbocycles. The van der Waals surface area contributed by atoms with Gasteiger partial charge in [0.05, 0.1) is 18.2 Å². The molecule has 23 heavy (non-hydrogen) atoms. The Hall–Kier alpha value is -2.11. The first kappa shape index (κ1) is 17.2. The molecule has 0 aliphatic heterocycles. The Morgan fingerprint density at radius 2 is 2.30 bits per heavy atom. The van der Waals surface area contributed by atoms with Crippen LogP contribution in [0.5, 0.6) is 0 Å². The van der Waals surface area contributed by atoms with Gasteiger partial charge in [0.2, 0.25) is 11.1 Å². The Balaban J connectivity index is 2.13. The summed E-state index contributed by atoms with van der Waals surface area (Å²) in [5.74, 6) is 0.0661. The van der Waals surface area contributed by atoms with Crippen LogP contribution in [0.15, 0.2) is 23.4 Å². The first-order chi connectivity index (χ1) is 11.0. The number of hydrogen-bond acceptors (Lipinski definition) is 6. The fourth-order valence-corrected chi connectivity index (χ4v) is 2.75. The molecule has 0 aliphatic rings. The highest BCUT2D eigenvalue weighted by Crippen LogP contribution is 2.24. The van der Waals surface area contributed by atoms with Crippen LogP contribution in [0.25, 0.3) is 0 Å². The molecule has 0 saturated carbocycles. The highest BCUT2D eigenvalue weighted by Gasteiger charge is 2.17. The third-order valence-electron chi connectivity index (χ3n) is 3.11. The zero-order valence-electron chi connectivity index (χ0n) is 12.7. The number of benzene rings is 1. The van der Waals surface area contributed by atoms with Crippen molar-refractivity contribution in [3.8, 4) is 6.07 Å². The van der Waals surface area contributed by atoms with Gasteiger partial charge in [0.1, 0.15) is 0 Å². The van der Waals surface area contributed by atoms with Crippen molar-refractivity contribution in [1.29, 1.82) is 5.26 Å². The fraction of sp³-hybridized carbons (Fsp3) is 0.357. The number of hydrogen-bond donors (Lipinski definition) is 0. The van der Waals surface area contributed by atoms with E-state index in [0.29, 0.717) is 16.7 Å². The second-order valence-corrected chi connectivity index (χ2v) is 6.11. The summed E-state index contributed by atoms with van der Waals surface area (Å²) in [4.78, 5) is 14.1. The van der Waals surface area contributed by atoms with Gasteiger partial charge >= 0.3 is 0 Å². The Bertz CT molecular complexity index is 741. The Morgan fingerprint density at radius 3 is 2.91 bits per heavy atom. The zero-order valence-corrected chi connectivity index (χ0v) is 14.3. The molecule has 0 N–H and O–H groups in total. The normalized spacial score (nSPS) is 10.3. The number of nitrogens with zero attached hydrogens (tertiary/aromatic N) is 6. The standard InChI is InChI=1S/C14H15ClN6OS/c1-10-8-11(4-5-12(10)15)21(7-3-6-16)13(22)9-23-14-17-18-19-20(14)2/h4-5,8H,3,7,9H2,1-2H3. The summed E-state index contributed by atoms with van der Waals surface area (Å²) in [6.07, 6.45) is 0.254. The van der Waals surface area contributed by atoms with Crippen LogP contribution in [-0.4, -0.2) is 38.4 Å². The first-order valence-electron chi connectivity index (χ1n) is 6.81. The van der Waals surface area contributed by atoms with Crippen molar-refractivity contribution in [2.75, 3.05) is 17.2 Å². The van der Waals surface area contributed by atoms with Gasteiger partial charge in [0, 0.05) is 24.3 Å². The molecule has 1 aromatic heterocycles. The van der Waals surface area contributed by atoms with Gasteiger partial charge in [-0.15, -0.1) is 5.10 Å². The van der Waals surface area contributed by atoms with E-state index in [1.807, 2.05) is 13.0 Å². The average Bonchev–Trinajstić information content (AvgIpc) is 2.94. The van der Waals surface area contributed by atoms with Crippen molar-refractivity contribution in [3.05, 3.63) is 28.8 Å². The van der Waals surface area contributed by atoms with Crippen molar-refractivity contribution in [1.82, 2.24) is 20.2 Å². The minimum Gasteiger partial charge on any atom is -0.311 e. The number of anilines is 1. The van der Waals surface area contributed by atoms with Gasteiger partial charge in [-0.05, 0) is 41.1 Å². The number of amides is 1.